The second-order valence-corrected chi connectivity index (χ2v) is 4.88. The molecule has 1 fully saturated rings. The molecule has 104 valence electrons. The summed E-state index contributed by atoms with van der Waals surface area (Å²) in [7, 11) is 5.46. The molecule has 0 unspecified atom stereocenters. The summed E-state index contributed by atoms with van der Waals surface area (Å²) in [6.07, 6.45) is 6.00. The molecule has 0 N–H and O–H groups in total. The van der Waals surface area contributed by atoms with Crippen LogP contribution in [0.15, 0.2) is 41.1 Å². The molecule has 2 aliphatic rings. The molecule has 0 radical (unpaired) electrons. The van der Waals surface area contributed by atoms with Crippen LogP contribution in [0.3, 0.4) is 0 Å². The number of likely N-dealkylation sites (N-methyl/N-ethyl adjacent to an activating group) is 1. The molecule has 0 bridgehead atoms. The highest BCUT2D eigenvalue weighted by molar-refractivity contribution is 5.36. The van der Waals surface area contributed by atoms with Gasteiger partial charge in [-0.15, -0.1) is 0 Å². The topological polar surface area (TPSA) is 24.9 Å². The van der Waals surface area contributed by atoms with Gasteiger partial charge in [-0.25, -0.2) is 0 Å². The van der Waals surface area contributed by atoms with Crippen molar-refractivity contribution in [1.29, 1.82) is 0 Å². The minimum atomic E-state index is 0.645. The van der Waals surface area contributed by atoms with Gasteiger partial charge in [0.15, 0.2) is 5.76 Å². The summed E-state index contributed by atoms with van der Waals surface area (Å²) in [5.41, 5.74) is 4.30. The zero-order valence-corrected chi connectivity index (χ0v) is 12.0. The van der Waals surface area contributed by atoms with Gasteiger partial charge in [-0.2, -0.15) is 0 Å². The van der Waals surface area contributed by atoms with E-state index in [1.807, 2.05) is 12.2 Å². The van der Waals surface area contributed by atoms with E-state index in [2.05, 4.69) is 28.7 Å². The zero-order valence-electron chi connectivity index (χ0n) is 12.0. The monoisotopic (exact) mass is 262 g/mol. The molecule has 0 aromatic carbocycles. The van der Waals surface area contributed by atoms with Gasteiger partial charge in [0.2, 0.25) is 5.76 Å². The Morgan fingerprint density at radius 3 is 2.53 bits per heavy atom. The molecule has 0 atom stereocenters. The van der Waals surface area contributed by atoms with Gasteiger partial charge in [-0.05, 0) is 30.8 Å². The second kappa shape index (κ2) is 6.62. The molecule has 1 saturated heterocycles. The minimum Gasteiger partial charge on any atom is -0.492 e. The van der Waals surface area contributed by atoms with Gasteiger partial charge in [-0.3, -0.25) is 4.90 Å². The first kappa shape index (κ1) is 13.9. The van der Waals surface area contributed by atoms with E-state index in [1.54, 1.807) is 14.2 Å². The van der Waals surface area contributed by atoms with E-state index in [9.17, 15) is 0 Å². The van der Waals surface area contributed by atoms with Gasteiger partial charge >= 0.3 is 0 Å². The lowest BCUT2D eigenvalue weighted by atomic mass is 10.2. The van der Waals surface area contributed by atoms with Crippen molar-refractivity contribution in [3.63, 3.8) is 0 Å². The zero-order chi connectivity index (χ0) is 13.7. The Morgan fingerprint density at radius 1 is 1.16 bits per heavy atom. The molecule has 1 heterocycles. The first-order valence-electron chi connectivity index (χ1n) is 6.59. The summed E-state index contributed by atoms with van der Waals surface area (Å²) in [6.45, 7) is 5.42. The number of nitrogens with zero attached hydrogens (tertiary/aromatic N) is 2. The van der Waals surface area contributed by atoms with Crippen molar-refractivity contribution in [3.05, 3.63) is 41.1 Å². The van der Waals surface area contributed by atoms with E-state index in [1.165, 1.54) is 5.57 Å². The SMILES string of the molecule is COC1=C=CC=C(CN2CCN(C)CC2)C=C1OC. The Balaban J connectivity index is 2.02. The predicted molar refractivity (Wildman–Crippen MR) is 75.7 cm³/mol. The number of rotatable bonds is 4. The quantitative estimate of drug-likeness (QED) is 0.715. The van der Waals surface area contributed by atoms with Crippen LogP contribution in [0.5, 0.6) is 0 Å². The Kier molecular flexibility index (Phi) is 4.86. The highest BCUT2D eigenvalue weighted by Gasteiger charge is 2.15. The Labute approximate surface area is 115 Å². The van der Waals surface area contributed by atoms with Crippen LogP contribution < -0.4 is 0 Å². The van der Waals surface area contributed by atoms with Crippen molar-refractivity contribution in [1.82, 2.24) is 9.80 Å². The molecular weight excluding hydrogens is 240 g/mol. The van der Waals surface area contributed by atoms with Crippen LogP contribution in [-0.4, -0.2) is 63.8 Å². The van der Waals surface area contributed by atoms with Crippen molar-refractivity contribution in [2.24, 2.45) is 0 Å². The Morgan fingerprint density at radius 2 is 1.89 bits per heavy atom. The summed E-state index contributed by atoms with van der Waals surface area (Å²) in [6, 6.07) is 0. The fourth-order valence-corrected chi connectivity index (χ4v) is 2.25. The summed E-state index contributed by atoms with van der Waals surface area (Å²) < 4.78 is 10.6. The van der Waals surface area contributed by atoms with E-state index < -0.39 is 0 Å². The molecule has 19 heavy (non-hydrogen) atoms. The number of allylic oxidation sites excluding steroid dienone is 1. The fourth-order valence-electron chi connectivity index (χ4n) is 2.25. The summed E-state index contributed by atoms with van der Waals surface area (Å²) in [4.78, 5) is 4.82. The highest BCUT2D eigenvalue weighted by Crippen LogP contribution is 2.17. The van der Waals surface area contributed by atoms with Gasteiger partial charge in [0.1, 0.15) is 0 Å². The normalized spacial score (nSPS) is 21.3. The molecule has 0 saturated carbocycles. The average Bonchev–Trinajstić information content (AvgIpc) is 2.63. The van der Waals surface area contributed by atoms with Gasteiger partial charge < -0.3 is 14.4 Å². The van der Waals surface area contributed by atoms with Gasteiger partial charge in [0, 0.05) is 32.7 Å². The van der Waals surface area contributed by atoms with Crippen molar-refractivity contribution >= 4 is 0 Å². The molecule has 1 aliphatic carbocycles. The van der Waals surface area contributed by atoms with E-state index >= 15 is 0 Å². The first-order valence-corrected chi connectivity index (χ1v) is 6.59. The average molecular weight is 262 g/mol. The maximum absolute atomic E-state index is 5.36. The Hall–Kier alpha value is -1.48. The van der Waals surface area contributed by atoms with E-state index in [0.717, 1.165) is 38.5 Å². The molecule has 4 heteroatoms. The van der Waals surface area contributed by atoms with Crippen LogP contribution in [0.4, 0.5) is 0 Å². The van der Waals surface area contributed by atoms with Crippen LogP contribution in [0.25, 0.3) is 0 Å². The van der Waals surface area contributed by atoms with Gasteiger partial charge in [0.25, 0.3) is 0 Å². The molecule has 0 aromatic heterocycles. The van der Waals surface area contributed by atoms with E-state index in [-0.39, 0.29) is 0 Å². The standard InChI is InChI=1S/C15H22N2O2/c1-16-7-9-17(10-8-16)12-13-5-4-6-14(18-2)15(11-13)19-3/h4-5,11H,7-10,12H2,1-3H3. The molecular formula is C15H22N2O2. The Bertz CT molecular complexity index is 437. The maximum atomic E-state index is 5.36. The van der Waals surface area contributed by atoms with Crippen LogP contribution >= 0.6 is 0 Å². The largest absolute Gasteiger partial charge is 0.492 e. The van der Waals surface area contributed by atoms with Crippen molar-refractivity contribution < 1.29 is 9.47 Å². The minimum absolute atomic E-state index is 0.645. The first-order chi connectivity index (χ1) is 9.22. The van der Waals surface area contributed by atoms with Crippen LogP contribution in [0.2, 0.25) is 0 Å². The fraction of sp³-hybridized carbons (Fsp3) is 0.533. The lowest BCUT2D eigenvalue weighted by Crippen LogP contribution is -2.44. The van der Waals surface area contributed by atoms with Crippen LogP contribution in [0, 0.1) is 0 Å². The summed E-state index contributed by atoms with van der Waals surface area (Å²) in [5.74, 6) is 1.38. The van der Waals surface area contributed by atoms with Crippen molar-refractivity contribution in [2.75, 3.05) is 54.0 Å². The summed E-state index contributed by atoms with van der Waals surface area (Å²) >= 11 is 0. The van der Waals surface area contributed by atoms with Crippen molar-refractivity contribution in [3.8, 4) is 0 Å². The third-order valence-electron chi connectivity index (χ3n) is 3.48. The van der Waals surface area contributed by atoms with Crippen molar-refractivity contribution in [2.45, 2.75) is 0 Å². The summed E-state index contributed by atoms with van der Waals surface area (Å²) in [5, 5.41) is 0. The predicted octanol–water partition coefficient (Wildman–Crippen LogP) is 1.39. The van der Waals surface area contributed by atoms with Gasteiger partial charge in [0.05, 0.1) is 14.2 Å². The van der Waals surface area contributed by atoms with Crippen LogP contribution in [-0.2, 0) is 9.47 Å². The van der Waals surface area contributed by atoms with E-state index in [4.69, 9.17) is 9.47 Å². The lowest BCUT2D eigenvalue weighted by Gasteiger charge is -2.32. The number of hydrogen-bond acceptors (Lipinski definition) is 4. The molecule has 2 rings (SSSR count). The molecule has 0 spiro atoms. The molecule has 0 aromatic rings. The third-order valence-corrected chi connectivity index (χ3v) is 3.48. The smallest absolute Gasteiger partial charge is 0.204 e. The van der Waals surface area contributed by atoms with Crippen LogP contribution in [0.1, 0.15) is 0 Å². The maximum Gasteiger partial charge on any atom is 0.204 e. The molecule has 0 amide bonds. The number of methoxy groups -OCH3 is 2. The lowest BCUT2D eigenvalue weighted by molar-refractivity contribution is 0.164. The third kappa shape index (κ3) is 3.74. The number of ether oxygens (including phenoxy) is 2. The van der Waals surface area contributed by atoms with Gasteiger partial charge in [-0.1, -0.05) is 5.73 Å². The number of hydrogen-bond donors (Lipinski definition) is 0. The molecule has 4 nitrogen and oxygen atoms in total. The number of piperazine rings is 1. The molecule has 1 aliphatic heterocycles. The van der Waals surface area contributed by atoms with E-state index in [0.29, 0.717) is 5.76 Å². The second-order valence-electron chi connectivity index (χ2n) is 4.88. The highest BCUT2D eigenvalue weighted by atomic mass is 16.5.